The van der Waals surface area contributed by atoms with E-state index in [0.29, 0.717) is 5.69 Å². The maximum atomic E-state index is 10.9. The van der Waals surface area contributed by atoms with E-state index in [2.05, 4.69) is 42.4 Å². The van der Waals surface area contributed by atoms with Crippen LogP contribution in [0.3, 0.4) is 0 Å². The molecule has 0 unspecified atom stereocenters. The molecule has 4 nitrogen and oxygen atoms in total. The fourth-order valence-electron chi connectivity index (χ4n) is 1.64. The minimum absolute atomic E-state index is 0.219. The van der Waals surface area contributed by atoms with Crippen LogP contribution in [0.4, 0.5) is 5.69 Å². The highest BCUT2D eigenvalue weighted by atomic mass is 79.9. The number of anilines is 1. The van der Waals surface area contributed by atoms with Gasteiger partial charge in [-0.15, -0.1) is 0 Å². The second-order valence-electron chi connectivity index (χ2n) is 4.37. The Bertz CT molecular complexity index is 692. The SMILES string of the molecule is Cc1c(Br)cc(/C=N/Nc2cccc(C(=O)O)c2)cc1Br. The van der Waals surface area contributed by atoms with Crippen LogP contribution >= 0.6 is 31.9 Å². The van der Waals surface area contributed by atoms with Gasteiger partial charge in [-0.3, -0.25) is 5.43 Å². The van der Waals surface area contributed by atoms with Crippen LogP contribution in [0.1, 0.15) is 21.5 Å². The van der Waals surface area contributed by atoms with Gasteiger partial charge in [-0.1, -0.05) is 37.9 Å². The fraction of sp³-hybridized carbons (Fsp3) is 0.0667. The molecule has 0 saturated heterocycles. The van der Waals surface area contributed by atoms with Gasteiger partial charge in [0.05, 0.1) is 17.5 Å². The molecule has 2 rings (SSSR count). The summed E-state index contributed by atoms with van der Waals surface area (Å²) in [5, 5.41) is 13.0. The molecule has 2 aromatic rings. The van der Waals surface area contributed by atoms with Gasteiger partial charge in [-0.25, -0.2) is 4.79 Å². The van der Waals surface area contributed by atoms with Crippen molar-refractivity contribution in [2.75, 3.05) is 5.43 Å². The summed E-state index contributed by atoms with van der Waals surface area (Å²) in [5.41, 5.74) is 5.70. The first-order valence-corrected chi connectivity index (χ1v) is 7.64. The van der Waals surface area contributed by atoms with E-state index in [4.69, 9.17) is 5.11 Å². The smallest absolute Gasteiger partial charge is 0.335 e. The lowest BCUT2D eigenvalue weighted by Gasteiger charge is -2.04. The number of benzene rings is 2. The summed E-state index contributed by atoms with van der Waals surface area (Å²) in [4.78, 5) is 10.9. The Labute approximate surface area is 139 Å². The van der Waals surface area contributed by atoms with Crippen LogP contribution in [-0.2, 0) is 0 Å². The number of hydrogen-bond acceptors (Lipinski definition) is 3. The Kier molecular flexibility index (Phi) is 5.14. The molecule has 0 saturated carbocycles. The lowest BCUT2D eigenvalue weighted by Crippen LogP contribution is -1.97. The molecule has 0 heterocycles. The molecule has 0 spiro atoms. The molecule has 0 atom stereocenters. The molecule has 2 N–H and O–H groups in total. The molecular weight excluding hydrogens is 400 g/mol. The number of halogens is 2. The van der Waals surface area contributed by atoms with E-state index in [1.807, 2.05) is 19.1 Å². The zero-order valence-electron chi connectivity index (χ0n) is 11.1. The van der Waals surface area contributed by atoms with Crippen molar-refractivity contribution < 1.29 is 9.90 Å². The van der Waals surface area contributed by atoms with Gasteiger partial charge in [0.2, 0.25) is 0 Å². The number of hydrogen-bond donors (Lipinski definition) is 2. The Morgan fingerprint density at radius 3 is 2.52 bits per heavy atom. The van der Waals surface area contributed by atoms with Crippen LogP contribution in [0, 0.1) is 6.92 Å². The van der Waals surface area contributed by atoms with Crippen molar-refractivity contribution in [2.45, 2.75) is 6.92 Å². The van der Waals surface area contributed by atoms with E-state index in [1.54, 1.807) is 18.3 Å². The monoisotopic (exact) mass is 410 g/mol. The van der Waals surface area contributed by atoms with Gasteiger partial charge >= 0.3 is 5.97 Å². The highest BCUT2D eigenvalue weighted by Gasteiger charge is 2.03. The van der Waals surface area contributed by atoms with Crippen molar-refractivity contribution in [2.24, 2.45) is 5.10 Å². The van der Waals surface area contributed by atoms with Gasteiger partial charge in [0.25, 0.3) is 0 Å². The quantitative estimate of drug-likeness (QED) is 0.567. The molecule has 2 aromatic carbocycles. The Morgan fingerprint density at radius 1 is 1.24 bits per heavy atom. The highest BCUT2D eigenvalue weighted by molar-refractivity contribution is 9.11. The number of aromatic carboxylic acids is 1. The van der Waals surface area contributed by atoms with Gasteiger partial charge in [-0.05, 0) is 48.4 Å². The summed E-state index contributed by atoms with van der Waals surface area (Å²) in [5.74, 6) is -0.964. The molecule has 0 aromatic heterocycles. The molecular formula is C15H12Br2N2O2. The average Bonchev–Trinajstić information content (AvgIpc) is 2.45. The van der Waals surface area contributed by atoms with Crippen molar-refractivity contribution >= 4 is 49.7 Å². The van der Waals surface area contributed by atoms with E-state index in [1.165, 1.54) is 12.1 Å². The fourth-order valence-corrected chi connectivity index (χ4v) is 2.86. The number of rotatable bonds is 4. The number of nitrogens with one attached hydrogen (secondary N) is 1. The van der Waals surface area contributed by atoms with Gasteiger partial charge in [0.1, 0.15) is 0 Å². The van der Waals surface area contributed by atoms with E-state index in [0.717, 1.165) is 20.1 Å². The largest absolute Gasteiger partial charge is 0.478 e. The number of carbonyl (C=O) groups is 1. The van der Waals surface area contributed by atoms with Crippen LogP contribution < -0.4 is 5.43 Å². The summed E-state index contributed by atoms with van der Waals surface area (Å²) in [6, 6.07) is 10.4. The Hall–Kier alpha value is -1.66. The minimum Gasteiger partial charge on any atom is -0.478 e. The van der Waals surface area contributed by atoms with E-state index in [-0.39, 0.29) is 5.56 Å². The predicted molar refractivity (Wildman–Crippen MR) is 91.2 cm³/mol. The summed E-state index contributed by atoms with van der Waals surface area (Å²) in [7, 11) is 0. The number of nitrogens with zero attached hydrogens (tertiary/aromatic N) is 1. The maximum Gasteiger partial charge on any atom is 0.335 e. The summed E-state index contributed by atoms with van der Waals surface area (Å²) in [6.45, 7) is 2.00. The second-order valence-corrected chi connectivity index (χ2v) is 6.07. The van der Waals surface area contributed by atoms with Crippen LogP contribution in [0.15, 0.2) is 50.4 Å². The molecule has 21 heavy (non-hydrogen) atoms. The molecule has 108 valence electrons. The van der Waals surface area contributed by atoms with Crippen LogP contribution in [0.25, 0.3) is 0 Å². The lowest BCUT2D eigenvalue weighted by atomic mass is 10.2. The van der Waals surface area contributed by atoms with Gasteiger partial charge in [0, 0.05) is 8.95 Å². The first kappa shape index (κ1) is 15.7. The third kappa shape index (κ3) is 4.15. The normalized spacial score (nSPS) is 10.8. The Morgan fingerprint density at radius 2 is 1.90 bits per heavy atom. The zero-order valence-corrected chi connectivity index (χ0v) is 14.3. The average molecular weight is 412 g/mol. The third-order valence-electron chi connectivity index (χ3n) is 2.82. The predicted octanol–water partition coefficient (Wildman–Crippen LogP) is 4.66. The zero-order chi connectivity index (χ0) is 15.4. The molecule has 0 amide bonds. The molecule has 0 aliphatic heterocycles. The van der Waals surface area contributed by atoms with Gasteiger partial charge in [-0.2, -0.15) is 5.10 Å². The number of carboxylic acids is 1. The van der Waals surface area contributed by atoms with Crippen molar-refractivity contribution in [3.05, 3.63) is 62.0 Å². The topological polar surface area (TPSA) is 61.7 Å². The molecule has 6 heteroatoms. The van der Waals surface area contributed by atoms with Crippen molar-refractivity contribution in [1.82, 2.24) is 0 Å². The number of carboxylic acid groups (broad SMARTS) is 1. The van der Waals surface area contributed by atoms with E-state index < -0.39 is 5.97 Å². The van der Waals surface area contributed by atoms with Crippen LogP contribution in [0.5, 0.6) is 0 Å². The van der Waals surface area contributed by atoms with E-state index in [9.17, 15) is 4.79 Å². The molecule has 0 fully saturated rings. The molecule has 0 aliphatic rings. The van der Waals surface area contributed by atoms with E-state index >= 15 is 0 Å². The third-order valence-corrected chi connectivity index (χ3v) is 4.47. The van der Waals surface area contributed by atoms with Crippen molar-refractivity contribution in [3.8, 4) is 0 Å². The second kappa shape index (κ2) is 6.87. The first-order chi connectivity index (χ1) is 9.97. The maximum absolute atomic E-state index is 10.9. The van der Waals surface area contributed by atoms with Crippen molar-refractivity contribution in [3.63, 3.8) is 0 Å². The first-order valence-electron chi connectivity index (χ1n) is 6.05. The van der Waals surface area contributed by atoms with Crippen LogP contribution in [-0.4, -0.2) is 17.3 Å². The summed E-state index contributed by atoms with van der Waals surface area (Å²) < 4.78 is 1.98. The lowest BCUT2D eigenvalue weighted by molar-refractivity contribution is 0.0697. The minimum atomic E-state index is -0.964. The van der Waals surface area contributed by atoms with Gasteiger partial charge in [0.15, 0.2) is 0 Å². The highest BCUT2D eigenvalue weighted by Crippen LogP contribution is 2.25. The molecule has 0 bridgehead atoms. The van der Waals surface area contributed by atoms with Gasteiger partial charge < -0.3 is 5.11 Å². The molecule has 0 radical (unpaired) electrons. The van der Waals surface area contributed by atoms with Crippen LogP contribution in [0.2, 0.25) is 0 Å². The Balaban J connectivity index is 2.12. The standard InChI is InChI=1S/C15H12Br2N2O2/c1-9-13(16)5-10(6-14(9)17)8-18-19-12-4-2-3-11(7-12)15(20)21/h2-8,19H,1H3,(H,20,21)/b18-8+. The summed E-state index contributed by atoms with van der Waals surface area (Å²) in [6.07, 6.45) is 1.67. The number of hydrazone groups is 1. The van der Waals surface area contributed by atoms with Crippen molar-refractivity contribution in [1.29, 1.82) is 0 Å². The molecule has 0 aliphatic carbocycles. The summed E-state index contributed by atoms with van der Waals surface area (Å²) >= 11 is 6.96.